The van der Waals surface area contributed by atoms with Crippen molar-refractivity contribution in [2.24, 2.45) is 0 Å². The number of nitrogens with zero attached hydrogens (tertiary/aromatic N) is 1. The number of carbonyl (C=O) groups is 1. The zero-order valence-electron chi connectivity index (χ0n) is 13.9. The first-order valence-electron chi connectivity index (χ1n) is 7.98. The topological polar surface area (TPSA) is 90.7 Å². The predicted molar refractivity (Wildman–Crippen MR) is 94.1 cm³/mol. The van der Waals surface area contributed by atoms with Crippen LogP contribution < -0.4 is 14.8 Å². The number of non-ortho nitro benzene ring substituents is 1. The van der Waals surface area contributed by atoms with Crippen LogP contribution in [0.15, 0.2) is 48.5 Å². The largest absolute Gasteiger partial charge is 0.494 e. The summed E-state index contributed by atoms with van der Waals surface area (Å²) in [5, 5.41) is 13.2. The van der Waals surface area contributed by atoms with Crippen LogP contribution in [-0.4, -0.2) is 24.0 Å². The molecule has 0 aliphatic rings. The molecule has 0 unspecified atom stereocenters. The molecule has 0 aliphatic carbocycles. The number of nitrogens with one attached hydrogen (secondary N) is 1. The van der Waals surface area contributed by atoms with E-state index in [4.69, 9.17) is 9.47 Å². The van der Waals surface area contributed by atoms with Crippen molar-refractivity contribution in [2.75, 3.05) is 18.5 Å². The Labute approximate surface area is 145 Å². The van der Waals surface area contributed by atoms with Gasteiger partial charge in [-0.3, -0.25) is 14.9 Å². The smallest absolute Gasteiger partial charge is 0.269 e. The third kappa shape index (κ3) is 6.14. The highest BCUT2D eigenvalue weighted by atomic mass is 16.6. The van der Waals surface area contributed by atoms with Gasteiger partial charge in [-0.25, -0.2) is 0 Å². The van der Waals surface area contributed by atoms with Crippen LogP contribution in [0, 0.1) is 10.1 Å². The summed E-state index contributed by atoms with van der Waals surface area (Å²) in [6.07, 6.45) is 2.08. The Morgan fingerprint density at radius 3 is 2.20 bits per heavy atom. The molecule has 0 fully saturated rings. The lowest BCUT2D eigenvalue weighted by molar-refractivity contribution is -0.384. The molecule has 0 spiro atoms. The van der Waals surface area contributed by atoms with Gasteiger partial charge in [-0.2, -0.15) is 0 Å². The number of nitro benzene ring substituents is 1. The maximum absolute atomic E-state index is 11.9. The highest BCUT2D eigenvalue weighted by Crippen LogP contribution is 2.18. The molecule has 132 valence electrons. The van der Waals surface area contributed by atoms with Crippen molar-refractivity contribution in [3.8, 4) is 11.5 Å². The summed E-state index contributed by atoms with van der Waals surface area (Å²) < 4.78 is 11.0. The van der Waals surface area contributed by atoms with Crippen molar-refractivity contribution in [1.82, 2.24) is 0 Å². The van der Waals surface area contributed by atoms with E-state index in [1.807, 2.05) is 0 Å². The minimum Gasteiger partial charge on any atom is -0.494 e. The fourth-order valence-corrected chi connectivity index (χ4v) is 1.98. The quantitative estimate of drug-likeness (QED) is 0.424. The number of carbonyl (C=O) groups excluding carboxylic acids is 1. The highest BCUT2D eigenvalue weighted by Gasteiger charge is 2.07. The molecule has 1 amide bonds. The number of amides is 1. The summed E-state index contributed by atoms with van der Waals surface area (Å²) >= 11 is 0. The number of unbranched alkanes of at least 4 members (excludes halogenated alkanes) is 1. The van der Waals surface area contributed by atoms with E-state index in [0.29, 0.717) is 18.0 Å². The number of anilines is 1. The monoisotopic (exact) mass is 344 g/mol. The van der Waals surface area contributed by atoms with Gasteiger partial charge in [-0.15, -0.1) is 0 Å². The Morgan fingerprint density at radius 1 is 1.04 bits per heavy atom. The third-order valence-corrected chi connectivity index (χ3v) is 3.32. The summed E-state index contributed by atoms with van der Waals surface area (Å²) in [5.74, 6) is 0.968. The Morgan fingerprint density at radius 2 is 1.64 bits per heavy atom. The maximum atomic E-state index is 11.9. The lowest BCUT2D eigenvalue weighted by Crippen LogP contribution is -2.20. The predicted octanol–water partition coefficient (Wildman–Crippen LogP) is 3.79. The average molecular weight is 344 g/mol. The first kappa shape index (κ1) is 18.3. The van der Waals surface area contributed by atoms with Gasteiger partial charge in [0, 0.05) is 17.8 Å². The minimum atomic E-state index is -0.496. The van der Waals surface area contributed by atoms with Crippen LogP contribution in [0.2, 0.25) is 0 Å². The Bertz CT molecular complexity index is 698. The molecule has 7 nitrogen and oxygen atoms in total. The van der Waals surface area contributed by atoms with Crippen molar-refractivity contribution < 1.29 is 19.2 Å². The Hall–Kier alpha value is -3.09. The summed E-state index contributed by atoms with van der Waals surface area (Å²) in [4.78, 5) is 21.9. The van der Waals surface area contributed by atoms with Crippen LogP contribution in [-0.2, 0) is 4.79 Å². The van der Waals surface area contributed by atoms with Crippen molar-refractivity contribution in [3.63, 3.8) is 0 Å². The van der Waals surface area contributed by atoms with Crippen LogP contribution in [0.25, 0.3) is 0 Å². The molecule has 0 saturated carbocycles. The van der Waals surface area contributed by atoms with Gasteiger partial charge in [0.2, 0.25) is 0 Å². The van der Waals surface area contributed by atoms with Gasteiger partial charge >= 0.3 is 0 Å². The van der Waals surface area contributed by atoms with Crippen LogP contribution in [0.3, 0.4) is 0 Å². The Kier molecular flexibility index (Phi) is 6.76. The molecule has 0 radical (unpaired) electrons. The van der Waals surface area contributed by atoms with Crippen LogP contribution in [0.4, 0.5) is 11.4 Å². The second-order valence-electron chi connectivity index (χ2n) is 5.31. The first-order valence-corrected chi connectivity index (χ1v) is 7.98. The van der Waals surface area contributed by atoms with Gasteiger partial charge in [0.25, 0.3) is 11.6 Å². The fourth-order valence-electron chi connectivity index (χ4n) is 1.98. The van der Waals surface area contributed by atoms with E-state index in [-0.39, 0.29) is 18.2 Å². The zero-order valence-corrected chi connectivity index (χ0v) is 13.9. The normalized spacial score (nSPS) is 10.1. The van der Waals surface area contributed by atoms with Crippen LogP contribution in [0.5, 0.6) is 11.5 Å². The van der Waals surface area contributed by atoms with Gasteiger partial charge in [-0.05, 0) is 42.8 Å². The number of benzene rings is 2. The molecular formula is C18H20N2O5. The fraction of sp³-hybridized carbons (Fsp3) is 0.278. The molecular weight excluding hydrogens is 324 g/mol. The lowest BCUT2D eigenvalue weighted by atomic mass is 10.3. The summed E-state index contributed by atoms with van der Waals surface area (Å²) in [6, 6.07) is 12.7. The van der Waals surface area contributed by atoms with Gasteiger partial charge in [0.1, 0.15) is 11.5 Å². The molecule has 0 bridgehead atoms. The number of hydrogen-bond donors (Lipinski definition) is 1. The van der Waals surface area contributed by atoms with E-state index in [0.717, 1.165) is 18.6 Å². The molecule has 0 saturated heterocycles. The maximum Gasteiger partial charge on any atom is 0.269 e. The molecule has 2 aromatic carbocycles. The second-order valence-corrected chi connectivity index (χ2v) is 5.31. The standard InChI is InChI=1S/C18H20N2O5/c1-2-3-12-24-16-8-10-17(11-9-16)25-13-18(21)19-14-4-6-15(7-5-14)20(22)23/h4-11H,2-3,12-13H2,1H3,(H,19,21). The van der Waals surface area contributed by atoms with Crippen LogP contribution in [0.1, 0.15) is 19.8 Å². The number of rotatable bonds is 9. The molecule has 2 aromatic rings. The molecule has 0 heterocycles. The number of nitro groups is 1. The van der Waals surface area contributed by atoms with Gasteiger partial charge in [0.15, 0.2) is 6.61 Å². The number of hydrogen-bond acceptors (Lipinski definition) is 5. The zero-order chi connectivity index (χ0) is 18.1. The minimum absolute atomic E-state index is 0.0319. The molecule has 0 aliphatic heterocycles. The lowest BCUT2D eigenvalue weighted by Gasteiger charge is -2.09. The SMILES string of the molecule is CCCCOc1ccc(OCC(=O)Nc2ccc([N+](=O)[O-])cc2)cc1. The van der Waals surface area contributed by atoms with E-state index in [1.54, 1.807) is 24.3 Å². The van der Waals surface area contributed by atoms with E-state index < -0.39 is 4.92 Å². The van der Waals surface area contributed by atoms with E-state index in [2.05, 4.69) is 12.2 Å². The summed E-state index contributed by atoms with van der Waals surface area (Å²) in [6.45, 7) is 2.61. The van der Waals surface area contributed by atoms with Crippen molar-refractivity contribution in [3.05, 3.63) is 58.6 Å². The van der Waals surface area contributed by atoms with Gasteiger partial charge in [0.05, 0.1) is 11.5 Å². The average Bonchev–Trinajstić information content (AvgIpc) is 2.62. The highest BCUT2D eigenvalue weighted by molar-refractivity contribution is 5.91. The van der Waals surface area contributed by atoms with E-state index in [1.165, 1.54) is 24.3 Å². The molecule has 7 heteroatoms. The van der Waals surface area contributed by atoms with Gasteiger partial charge in [-0.1, -0.05) is 13.3 Å². The molecule has 2 rings (SSSR count). The summed E-state index contributed by atoms with van der Waals surface area (Å²) in [7, 11) is 0. The van der Waals surface area contributed by atoms with Gasteiger partial charge < -0.3 is 14.8 Å². The molecule has 1 N–H and O–H groups in total. The Balaban J connectivity index is 1.78. The number of ether oxygens (including phenoxy) is 2. The van der Waals surface area contributed by atoms with Crippen molar-refractivity contribution in [2.45, 2.75) is 19.8 Å². The van der Waals surface area contributed by atoms with Crippen molar-refractivity contribution >= 4 is 17.3 Å². The van der Waals surface area contributed by atoms with Crippen molar-refractivity contribution in [1.29, 1.82) is 0 Å². The third-order valence-electron chi connectivity index (χ3n) is 3.32. The molecule has 0 aromatic heterocycles. The first-order chi connectivity index (χ1) is 12.1. The van der Waals surface area contributed by atoms with E-state index >= 15 is 0 Å². The summed E-state index contributed by atoms with van der Waals surface area (Å²) in [5.41, 5.74) is 0.439. The molecule has 25 heavy (non-hydrogen) atoms. The van der Waals surface area contributed by atoms with E-state index in [9.17, 15) is 14.9 Å². The second kappa shape index (κ2) is 9.27. The van der Waals surface area contributed by atoms with Crippen LogP contribution >= 0.6 is 0 Å². The molecule has 0 atom stereocenters.